The number of phenolic OH excluding ortho intramolecular Hbond substituents is 1. The predicted molar refractivity (Wildman–Crippen MR) is 131 cm³/mol. The number of nitrogens with zero attached hydrogens (tertiary/aromatic N) is 1. The molecule has 0 bridgehead atoms. The third kappa shape index (κ3) is 3.42. The van der Waals surface area contributed by atoms with Crippen LogP contribution < -0.4 is 0 Å². The number of aromatic hydroxyl groups is 1. The Bertz CT molecular complexity index is 1250. The molecular formula is C28H26BrNO5. The van der Waals surface area contributed by atoms with Crippen molar-refractivity contribution in [1.29, 1.82) is 0 Å². The summed E-state index contributed by atoms with van der Waals surface area (Å²) in [5, 5.41) is 9.84. The lowest BCUT2D eigenvalue weighted by atomic mass is 9.59. The Morgan fingerprint density at radius 2 is 1.63 bits per heavy atom. The highest BCUT2D eigenvalue weighted by molar-refractivity contribution is 9.12. The zero-order chi connectivity index (χ0) is 24.4. The normalized spacial score (nSPS) is 31.2. The molecule has 5 aliphatic rings. The Hall–Kier alpha value is -2.80. The molecule has 0 spiro atoms. The number of hydrogen-bond donors (Lipinski definition) is 1. The summed E-state index contributed by atoms with van der Waals surface area (Å²) < 4.78 is 0.225. The lowest BCUT2D eigenvalue weighted by Crippen LogP contribution is -2.43. The SMILES string of the molecule is O=C1C=C(Br)C(=O)C2=C1C(c1ccc(O)cc1)C1=CCC3C(=O)N(C4CCCCC4)C(=O)C3C1C2. The number of imide groups is 1. The number of halogens is 1. The minimum Gasteiger partial charge on any atom is -0.508 e. The second-order valence-corrected chi connectivity index (χ2v) is 11.2. The van der Waals surface area contributed by atoms with E-state index in [2.05, 4.69) is 15.9 Å². The molecule has 1 N–H and O–H groups in total. The van der Waals surface area contributed by atoms with Crippen molar-refractivity contribution in [3.8, 4) is 5.75 Å². The summed E-state index contributed by atoms with van der Waals surface area (Å²) in [6.07, 6.45) is 9.02. The molecule has 0 aromatic heterocycles. The lowest BCUT2D eigenvalue weighted by molar-refractivity contribution is -0.143. The minimum absolute atomic E-state index is 0.0287. The molecule has 4 aliphatic carbocycles. The number of likely N-dealkylation sites (tertiary alicyclic amines) is 1. The number of carbonyl (C=O) groups excluding carboxylic acids is 4. The van der Waals surface area contributed by atoms with E-state index in [0.717, 1.165) is 43.2 Å². The fourth-order valence-electron chi connectivity index (χ4n) is 6.98. The van der Waals surface area contributed by atoms with Crippen molar-refractivity contribution >= 4 is 39.3 Å². The average molecular weight is 536 g/mol. The van der Waals surface area contributed by atoms with Gasteiger partial charge in [-0.15, -0.1) is 0 Å². The van der Waals surface area contributed by atoms with Crippen LogP contribution in [0.3, 0.4) is 0 Å². The van der Waals surface area contributed by atoms with Crippen LogP contribution in [0.1, 0.15) is 56.4 Å². The fourth-order valence-corrected chi connectivity index (χ4v) is 7.42. The molecule has 1 heterocycles. The fraction of sp³-hybridized carbons (Fsp3) is 0.429. The number of hydrogen-bond acceptors (Lipinski definition) is 5. The van der Waals surface area contributed by atoms with Crippen LogP contribution in [0.15, 0.2) is 57.6 Å². The average Bonchev–Trinajstić information content (AvgIpc) is 3.12. The molecule has 4 unspecified atom stereocenters. The number of carbonyl (C=O) groups is 4. The highest BCUT2D eigenvalue weighted by atomic mass is 79.9. The van der Waals surface area contributed by atoms with Crippen LogP contribution in [-0.4, -0.2) is 39.4 Å². The molecular weight excluding hydrogens is 510 g/mol. The van der Waals surface area contributed by atoms with Gasteiger partial charge in [0.05, 0.1) is 16.3 Å². The molecule has 6 nitrogen and oxygen atoms in total. The van der Waals surface area contributed by atoms with Crippen molar-refractivity contribution < 1.29 is 24.3 Å². The van der Waals surface area contributed by atoms with Crippen molar-refractivity contribution in [2.75, 3.05) is 0 Å². The molecule has 35 heavy (non-hydrogen) atoms. The van der Waals surface area contributed by atoms with Crippen LogP contribution in [0.5, 0.6) is 5.75 Å². The molecule has 0 radical (unpaired) electrons. The number of phenols is 1. The van der Waals surface area contributed by atoms with Gasteiger partial charge in [0.1, 0.15) is 5.75 Å². The van der Waals surface area contributed by atoms with Gasteiger partial charge in [-0.05, 0) is 65.2 Å². The van der Waals surface area contributed by atoms with E-state index < -0.39 is 17.8 Å². The van der Waals surface area contributed by atoms with Gasteiger partial charge < -0.3 is 5.11 Å². The maximum Gasteiger partial charge on any atom is 0.233 e. The van der Waals surface area contributed by atoms with Gasteiger partial charge in [-0.3, -0.25) is 24.1 Å². The number of rotatable bonds is 2. The van der Waals surface area contributed by atoms with E-state index in [0.29, 0.717) is 17.6 Å². The van der Waals surface area contributed by atoms with Gasteiger partial charge >= 0.3 is 0 Å². The van der Waals surface area contributed by atoms with Gasteiger partial charge in [0, 0.05) is 29.2 Å². The van der Waals surface area contributed by atoms with Crippen LogP contribution >= 0.6 is 15.9 Å². The summed E-state index contributed by atoms with van der Waals surface area (Å²) in [7, 11) is 0. The maximum absolute atomic E-state index is 13.8. The number of Topliss-reactive ketones (excluding diaryl/α,β-unsaturated/α-hetero) is 1. The van der Waals surface area contributed by atoms with E-state index in [4.69, 9.17) is 0 Å². The van der Waals surface area contributed by atoms with Gasteiger partial charge in [-0.1, -0.05) is 43.0 Å². The Kier molecular flexibility index (Phi) is 5.44. The molecule has 1 aromatic carbocycles. The summed E-state index contributed by atoms with van der Waals surface area (Å²) in [6, 6.07) is 6.64. The first-order valence-corrected chi connectivity index (χ1v) is 13.2. The molecule has 1 saturated heterocycles. The molecule has 2 fully saturated rings. The van der Waals surface area contributed by atoms with E-state index in [-0.39, 0.29) is 52.0 Å². The van der Waals surface area contributed by atoms with Crippen LogP contribution in [0.4, 0.5) is 0 Å². The van der Waals surface area contributed by atoms with Gasteiger partial charge in [0.15, 0.2) is 11.6 Å². The third-order valence-electron chi connectivity index (χ3n) is 8.53. The van der Waals surface area contributed by atoms with Gasteiger partial charge in [0.2, 0.25) is 11.8 Å². The van der Waals surface area contributed by atoms with E-state index in [1.54, 1.807) is 29.2 Å². The minimum atomic E-state index is -0.509. The van der Waals surface area contributed by atoms with E-state index in [1.165, 1.54) is 6.08 Å². The maximum atomic E-state index is 13.8. The van der Waals surface area contributed by atoms with Crippen LogP contribution in [-0.2, 0) is 19.2 Å². The van der Waals surface area contributed by atoms with E-state index >= 15 is 0 Å². The molecule has 1 aromatic rings. The highest BCUT2D eigenvalue weighted by Crippen LogP contribution is 2.55. The Morgan fingerprint density at radius 1 is 0.914 bits per heavy atom. The molecule has 1 saturated carbocycles. The van der Waals surface area contributed by atoms with Crippen molar-refractivity contribution in [3.63, 3.8) is 0 Å². The smallest absolute Gasteiger partial charge is 0.233 e. The molecule has 4 atom stereocenters. The largest absolute Gasteiger partial charge is 0.508 e. The zero-order valence-corrected chi connectivity index (χ0v) is 20.8. The summed E-state index contributed by atoms with van der Waals surface area (Å²) in [5.41, 5.74) is 2.61. The number of ketones is 2. The number of fused-ring (bicyclic) bond motifs is 3. The monoisotopic (exact) mass is 535 g/mol. The van der Waals surface area contributed by atoms with Crippen molar-refractivity contribution in [2.24, 2.45) is 17.8 Å². The van der Waals surface area contributed by atoms with Gasteiger partial charge in [-0.2, -0.15) is 0 Å². The second-order valence-electron chi connectivity index (χ2n) is 10.3. The Labute approximate surface area is 211 Å². The standard InChI is InChI=1S/C28H26BrNO5/c29-21-13-22(32)25-20(26(21)33)12-19-17(23(25)14-6-8-16(31)9-7-14)10-11-18-24(19)28(35)30(27(18)34)15-4-2-1-3-5-15/h6-10,13,15,18-19,23-24,31H,1-5,11-12H2. The topological polar surface area (TPSA) is 91.8 Å². The first-order chi connectivity index (χ1) is 16.9. The highest BCUT2D eigenvalue weighted by Gasteiger charge is 2.57. The molecule has 2 amide bonds. The molecule has 1 aliphatic heterocycles. The van der Waals surface area contributed by atoms with Crippen molar-refractivity contribution in [3.05, 3.63) is 63.2 Å². The first kappa shape index (κ1) is 22.7. The quantitative estimate of drug-likeness (QED) is 0.342. The van der Waals surface area contributed by atoms with E-state index in [9.17, 15) is 24.3 Å². The number of allylic oxidation sites excluding steroid dienone is 6. The van der Waals surface area contributed by atoms with Crippen LogP contribution in [0.2, 0.25) is 0 Å². The Balaban J connectivity index is 1.45. The van der Waals surface area contributed by atoms with Crippen molar-refractivity contribution in [2.45, 2.75) is 56.9 Å². The number of benzene rings is 1. The summed E-state index contributed by atoms with van der Waals surface area (Å²) >= 11 is 3.25. The van der Waals surface area contributed by atoms with Gasteiger partial charge in [0.25, 0.3) is 0 Å². The zero-order valence-electron chi connectivity index (χ0n) is 19.2. The molecule has 180 valence electrons. The van der Waals surface area contributed by atoms with Crippen LogP contribution in [0, 0.1) is 17.8 Å². The Morgan fingerprint density at radius 3 is 2.34 bits per heavy atom. The summed E-state index contributed by atoms with van der Waals surface area (Å²) in [4.78, 5) is 55.2. The first-order valence-electron chi connectivity index (χ1n) is 12.4. The lowest BCUT2D eigenvalue weighted by Gasteiger charge is -2.42. The van der Waals surface area contributed by atoms with E-state index in [1.807, 2.05) is 6.08 Å². The predicted octanol–water partition coefficient (Wildman–Crippen LogP) is 4.49. The second kappa shape index (κ2) is 8.40. The summed E-state index contributed by atoms with van der Waals surface area (Å²) in [5.74, 6) is -2.23. The number of amides is 2. The van der Waals surface area contributed by atoms with Gasteiger partial charge in [-0.25, -0.2) is 0 Å². The molecule has 6 rings (SSSR count). The third-order valence-corrected chi connectivity index (χ3v) is 9.12. The van der Waals surface area contributed by atoms with Crippen LogP contribution in [0.25, 0.3) is 0 Å². The molecule has 7 heteroatoms. The summed E-state index contributed by atoms with van der Waals surface area (Å²) in [6.45, 7) is 0. The van der Waals surface area contributed by atoms with Crippen molar-refractivity contribution in [1.82, 2.24) is 4.90 Å².